The van der Waals surface area contributed by atoms with E-state index in [1.807, 2.05) is 0 Å². The number of benzene rings is 1. The van der Waals surface area contributed by atoms with E-state index in [1.54, 1.807) is 0 Å². The van der Waals surface area contributed by atoms with E-state index in [0.29, 0.717) is 0 Å². The summed E-state index contributed by atoms with van der Waals surface area (Å²) in [6, 6.07) is 10.9. The number of rotatable bonds is 13. The molecule has 0 heterocycles. The molecule has 1 aromatic carbocycles. The Bertz CT molecular complexity index is 294. The molecule has 1 heteroatoms. The Hall–Kier alpha value is 0.220. The first-order chi connectivity index (χ1) is 9.93. The predicted octanol–water partition coefficient (Wildman–Crippen LogP) is 6.28. The van der Waals surface area contributed by atoms with Crippen molar-refractivity contribution in [3.05, 3.63) is 35.9 Å². The molecule has 0 aliphatic carbocycles. The van der Waals surface area contributed by atoms with Crippen molar-refractivity contribution in [2.75, 3.05) is 0 Å². The Morgan fingerprint density at radius 3 is 1.48 bits per heavy atom. The summed E-state index contributed by atoms with van der Waals surface area (Å²) in [5, 5.41) is 0. The van der Waals surface area contributed by atoms with Crippen LogP contribution in [-0.4, -0.2) is 29.6 Å². The van der Waals surface area contributed by atoms with Crippen LogP contribution in [0.15, 0.2) is 30.3 Å². The minimum atomic E-state index is 0. The van der Waals surface area contributed by atoms with Gasteiger partial charge in [-0.2, -0.15) is 0 Å². The van der Waals surface area contributed by atoms with Crippen LogP contribution < -0.4 is 0 Å². The van der Waals surface area contributed by atoms with Crippen molar-refractivity contribution in [2.24, 2.45) is 0 Å². The average Bonchev–Trinajstić information content (AvgIpc) is 2.49. The van der Waals surface area contributed by atoms with Gasteiger partial charge in [0.25, 0.3) is 0 Å². The van der Waals surface area contributed by atoms with E-state index in [1.165, 1.54) is 89.0 Å². The van der Waals surface area contributed by atoms with E-state index < -0.39 is 0 Å². The molecule has 0 bridgehead atoms. The van der Waals surface area contributed by atoms with Gasteiger partial charge in [-0.15, -0.1) is 0 Å². The summed E-state index contributed by atoms with van der Waals surface area (Å²) >= 11 is 0. The molecule has 116 valence electrons. The van der Waals surface area contributed by atoms with E-state index in [2.05, 4.69) is 37.3 Å². The molecule has 0 unspecified atom stereocenters. The van der Waals surface area contributed by atoms with Crippen molar-refractivity contribution in [2.45, 2.75) is 90.4 Å². The van der Waals surface area contributed by atoms with Crippen LogP contribution in [0.4, 0.5) is 0 Å². The molecule has 1 rings (SSSR count). The summed E-state index contributed by atoms with van der Waals surface area (Å²) in [4.78, 5) is 0. The molecule has 0 radical (unpaired) electrons. The van der Waals surface area contributed by atoms with E-state index >= 15 is 0 Å². The van der Waals surface area contributed by atoms with Crippen LogP contribution >= 0.6 is 0 Å². The predicted molar refractivity (Wildman–Crippen MR) is 98.4 cm³/mol. The first-order valence-electron chi connectivity index (χ1n) is 8.97. The molecule has 0 nitrogen and oxygen atoms in total. The van der Waals surface area contributed by atoms with Gasteiger partial charge in [-0.25, -0.2) is 0 Å². The third-order valence-electron chi connectivity index (χ3n) is 4.16. The molecule has 0 saturated carbocycles. The summed E-state index contributed by atoms with van der Waals surface area (Å²) < 4.78 is 0. The second-order valence-electron chi connectivity index (χ2n) is 6.12. The van der Waals surface area contributed by atoms with Crippen LogP contribution in [0.2, 0.25) is 0 Å². The maximum absolute atomic E-state index is 2.29. The molecular weight excluding hydrogens is 263 g/mol. The standard InChI is InChI=1S/C20H34.Na.H/c1-2-3-4-5-6-7-8-9-10-11-12-14-17-20-18-15-13-16-19-20;;/h13,15-16,18-19H,2-12,14,17H2,1H3;;. The molecular formula is C20H35Na. The molecule has 0 aliphatic heterocycles. The normalized spacial score (nSPS) is 10.3. The van der Waals surface area contributed by atoms with Crippen LogP contribution in [0.25, 0.3) is 0 Å². The van der Waals surface area contributed by atoms with Gasteiger partial charge in [-0.3, -0.25) is 0 Å². The minimum absolute atomic E-state index is 0. The fourth-order valence-corrected chi connectivity index (χ4v) is 2.81. The maximum atomic E-state index is 2.29. The molecule has 1 aromatic rings. The van der Waals surface area contributed by atoms with Crippen molar-refractivity contribution in [1.29, 1.82) is 0 Å². The Kier molecular flexibility index (Phi) is 16.8. The fourth-order valence-electron chi connectivity index (χ4n) is 2.81. The number of hydrogen-bond acceptors (Lipinski definition) is 0. The fraction of sp³-hybridized carbons (Fsp3) is 0.700. The number of aryl methyl sites for hydroxylation is 1. The van der Waals surface area contributed by atoms with Crippen molar-refractivity contribution in [3.8, 4) is 0 Å². The molecule has 0 atom stereocenters. The van der Waals surface area contributed by atoms with Crippen molar-refractivity contribution in [3.63, 3.8) is 0 Å². The zero-order valence-corrected chi connectivity index (χ0v) is 13.6. The van der Waals surface area contributed by atoms with Crippen LogP contribution in [-0.2, 0) is 6.42 Å². The number of unbranched alkanes of at least 4 members (excludes halogenated alkanes) is 11. The van der Waals surface area contributed by atoms with Crippen LogP contribution in [0.5, 0.6) is 0 Å². The molecule has 0 fully saturated rings. The molecule has 0 saturated heterocycles. The molecule has 0 aliphatic rings. The Labute approximate surface area is 155 Å². The van der Waals surface area contributed by atoms with E-state index in [0.717, 1.165) is 0 Å². The summed E-state index contributed by atoms with van der Waals surface area (Å²) in [6.07, 6.45) is 18.5. The molecule has 0 aromatic heterocycles. The van der Waals surface area contributed by atoms with Gasteiger partial charge in [-0.05, 0) is 18.4 Å². The zero-order chi connectivity index (χ0) is 14.3. The summed E-state index contributed by atoms with van der Waals surface area (Å²) in [6.45, 7) is 2.29. The van der Waals surface area contributed by atoms with Gasteiger partial charge >= 0.3 is 29.6 Å². The Balaban J connectivity index is 0.00000400. The van der Waals surface area contributed by atoms with E-state index in [4.69, 9.17) is 0 Å². The van der Waals surface area contributed by atoms with Crippen molar-refractivity contribution >= 4 is 29.6 Å². The van der Waals surface area contributed by atoms with E-state index in [9.17, 15) is 0 Å². The second-order valence-corrected chi connectivity index (χ2v) is 6.12. The van der Waals surface area contributed by atoms with Gasteiger partial charge < -0.3 is 0 Å². The number of hydrogen-bond donors (Lipinski definition) is 0. The Morgan fingerprint density at radius 2 is 1.00 bits per heavy atom. The zero-order valence-electron chi connectivity index (χ0n) is 13.6. The van der Waals surface area contributed by atoms with Gasteiger partial charge in [0.1, 0.15) is 0 Å². The molecule has 21 heavy (non-hydrogen) atoms. The third-order valence-corrected chi connectivity index (χ3v) is 4.16. The summed E-state index contributed by atoms with van der Waals surface area (Å²) in [5.41, 5.74) is 1.50. The van der Waals surface area contributed by atoms with E-state index in [-0.39, 0.29) is 29.6 Å². The van der Waals surface area contributed by atoms with Gasteiger partial charge in [-0.1, -0.05) is 108 Å². The van der Waals surface area contributed by atoms with Gasteiger partial charge in [0.05, 0.1) is 0 Å². The third kappa shape index (κ3) is 13.6. The van der Waals surface area contributed by atoms with Crippen molar-refractivity contribution in [1.82, 2.24) is 0 Å². The topological polar surface area (TPSA) is 0 Å². The first kappa shape index (κ1) is 21.2. The summed E-state index contributed by atoms with van der Waals surface area (Å²) in [5.74, 6) is 0. The van der Waals surface area contributed by atoms with Gasteiger partial charge in [0, 0.05) is 0 Å². The van der Waals surface area contributed by atoms with Crippen LogP contribution in [0.1, 0.15) is 89.5 Å². The molecule has 0 N–H and O–H groups in total. The first-order valence-corrected chi connectivity index (χ1v) is 8.97. The van der Waals surface area contributed by atoms with Crippen molar-refractivity contribution < 1.29 is 0 Å². The average molecular weight is 298 g/mol. The van der Waals surface area contributed by atoms with Gasteiger partial charge in [0.15, 0.2) is 0 Å². The van der Waals surface area contributed by atoms with Gasteiger partial charge in [0.2, 0.25) is 0 Å². The SMILES string of the molecule is CCCCCCCCCCCCCCc1ccccc1.[NaH]. The monoisotopic (exact) mass is 298 g/mol. The summed E-state index contributed by atoms with van der Waals surface area (Å²) in [7, 11) is 0. The Morgan fingerprint density at radius 1 is 0.571 bits per heavy atom. The molecule has 0 spiro atoms. The van der Waals surface area contributed by atoms with Crippen LogP contribution in [0.3, 0.4) is 0 Å². The quantitative estimate of drug-likeness (QED) is 0.297. The van der Waals surface area contributed by atoms with Crippen LogP contribution in [0, 0.1) is 0 Å². The molecule has 0 amide bonds. The second kappa shape index (κ2) is 16.6.